The second-order valence-electron chi connectivity index (χ2n) is 7.55. The second kappa shape index (κ2) is 4.84. The molecule has 0 aliphatic carbocycles. The Morgan fingerprint density at radius 3 is 2.43 bits per heavy atom. The summed E-state index contributed by atoms with van der Waals surface area (Å²) in [5.74, 6) is 0. The lowest BCUT2D eigenvalue weighted by Gasteiger charge is -2.34. The van der Waals surface area contributed by atoms with Gasteiger partial charge in [0.25, 0.3) is 0 Å². The molecule has 0 saturated carbocycles. The molecule has 3 aromatic carbocycles. The maximum absolute atomic E-state index is 14.9. The van der Waals surface area contributed by atoms with Crippen LogP contribution in [0.4, 0.5) is 11.4 Å². The lowest BCUT2D eigenvalue weighted by molar-refractivity contribution is 0.595. The SMILES string of the molecule is O=P12B3c4cccnc4-c4ccccc4N3c3cccc(c31)-c1ccccc12. The third-order valence-corrected chi connectivity index (χ3v) is 9.72. The number of anilines is 2. The molecule has 1 unspecified atom stereocenters. The summed E-state index contributed by atoms with van der Waals surface area (Å²) in [6, 6.07) is 26.9. The molecule has 4 aromatic rings. The summed E-state index contributed by atoms with van der Waals surface area (Å²) in [4.78, 5) is 7.01. The molecule has 3 aliphatic heterocycles. The standard InChI is InChI=1S/C23H14BN2OP/c27-28-21-13-4-2-7-15(21)16-9-5-12-20(23(16)28)26-19-11-3-1-8-17(19)22-18(24(26)28)10-6-14-25-22/h1-14H. The second-order valence-corrected chi connectivity index (χ2v) is 10.3. The molecule has 0 radical (unpaired) electrons. The van der Waals surface area contributed by atoms with Gasteiger partial charge >= 0.3 is 6.57 Å². The number of aromatic nitrogens is 1. The van der Waals surface area contributed by atoms with Gasteiger partial charge < -0.3 is 9.38 Å². The van der Waals surface area contributed by atoms with Crippen LogP contribution in [0.2, 0.25) is 0 Å². The summed E-state index contributed by atoms with van der Waals surface area (Å²) in [7, 11) is -2.87. The number of rotatable bonds is 0. The Hall–Kier alpha value is -3.10. The van der Waals surface area contributed by atoms with E-state index in [0.717, 1.165) is 49.8 Å². The fraction of sp³-hybridized carbons (Fsp3) is 0. The Labute approximate surface area is 163 Å². The first-order chi connectivity index (χ1) is 13.8. The summed E-state index contributed by atoms with van der Waals surface area (Å²) < 4.78 is 14.9. The van der Waals surface area contributed by atoms with Crippen LogP contribution in [-0.2, 0) is 4.57 Å². The lowest BCUT2D eigenvalue weighted by atomic mass is 9.71. The molecule has 0 spiro atoms. The van der Waals surface area contributed by atoms with E-state index in [-0.39, 0.29) is 6.57 Å². The molecule has 0 N–H and O–H groups in total. The van der Waals surface area contributed by atoms with Gasteiger partial charge in [-0.15, -0.1) is 0 Å². The third-order valence-electron chi connectivity index (χ3n) is 6.28. The van der Waals surface area contributed by atoms with E-state index < -0.39 is 7.02 Å². The molecular formula is C23H14BN2OP. The van der Waals surface area contributed by atoms with E-state index in [4.69, 9.17) is 4.98 Å². The Balaban J connectivity index is 1.68. The Bertz CT molecular complexity index is 1380. The first-order valence-corrected chi connectivity index (χ1v) is 11.2. The summed E-state index contributed by atoms with van der Waals surface area (Å²) in [6.45, 7) is -0.231. The summed E-state index contributed by atoms with van der Waals surface area (Å²) >= 11 is 0. The maximum Gasteiger partial charge on any atom is 0.379 e. The van der Waals surface area contributed by atoms with Crippen LogP contribution >= 0.6 is 7.02 Å². The van der Waals surface area contributed by atoms with Crippen molar-refractivity contribution in [1.82, 2.24) is 4.98 Å². The van der Waals surface area contributed by atoms with Crippen molar-refractivity contribution in [1.29, 1.82) is 0 Å². The van der Waals surface area contributed by atoms with E-state index in [2.05, 4.69) is 59.4 Å². The van der Waals surface area contributed by atoms with E-state index in [1.165, 1.54) is 0 Å². The molecule has 0 amide bonds. The first-order valence-electron chi connectivity index (χ1n) is 9.47. The van der Waals surface area contributed by atoms with Crippen LogP contribution in [0.15, 0.2) is 85.1 Å². The van der Waals surface area contributed by atoms with Crippen molar-refractivity contribution in [3.63, 3.8) is 0 Å². The highest BCUT2D eigenvalue weighted by molar-refractivity contribution is 8.09. The molecule has 0 fully saturated rings. The largest absolute Gasteiger partial charge is 0.379 e. The van der Waals surface area contributed by atoms with Gasteiger partial charge in [-0.2, -0.15) is 0 Å². The molecule has 3 nitrogen and oxygen atoms in total. The van der Waals surface area contributed by atoms with E-state index >= 15 is 0 Å². The van der Waals surface area contributed by atoms with Crippen molar-refractivity contribution in [2.75, 3.05) is 4.81 Å². The first kappa shape index (κ1) is 14.9. The highest BCUT2D eigenvalue weighted by atomic mass is 31.2. The molecule has 7 rings (SSSR count). The van der Waals surface area contributed by atoms with Gasteiger partial charge in [0.05, 0.1) is 5.69 Å². The quantitative estimate of drug-likeness (QED) is 0.345. The number of pyridine rings is 1. The number of benzene rings is 3. The highest BCUT2D eigenvalue weighted by Gasteiger charge is 2.60. The van der Waals surface area contributed by atoms with Gasteiger partial charge in [-0.1, -0.05) is 60.7 Å². The smallest absolute Gasteiger partial charge is 0.373 e. The average Bonchev–Trinajstić information content (AvgIpc) is 3.19. The van der Waals surface area contributed by atoms with Crippen LogP contribution in [0, 0.1) is 0 Å². The molecule has 1 aromatic heterocycles. The fourth-order valence-electron chi connectivity index (χ4n) is 5.28. The average molecular weight is 376 g/mol. The number of hydrogen-bond acceptors (Lipinski definition) is 3. The van der Waals surface area contributed by atoms with E-state index in [1.807, 2.05) is 30.5 Å². The van der Waals surface area contributed by atoms with Crippen molar-refractivity contribution in [2.45, 2.75) is 0 Å². The highest BCUT2D eigenvalue weighted by Crippen LogP contribution is 2.65. The van der Waals surface area contributed by atoms with Crippen LogP contribution in [0.1, 0.15) is 0 Å². The normalized spacial score (nSPS) is 19.6. The van der Waals surface area contributed by atoms with Crippen molar-refractivity contribution >= 4 is 41.0 Å². The number of para-hydroxylation sites is 1. The Morgan fingerprint density at radius 1 is 0.750 bits per heavy atom. The zero-order valence-electron chi connectivity index (χ0n) is 14.9. The molecule has 0 saturated heterocycles. The summed E-state index contributed by atoms with van der Waals surface area (Å²) in [5, 5.41) is 2.01. The minimum absolute atomic E-state index is 0.231. The zero-order chi connectivity index (χ0) is 18.5. The van der Waals surface area contributed by atoms with Crippen molar-refractivity contribution in [3.8, 4) is 22.4 Å². The fourth-order valence-corrected chi connectivity index (χ4v) is 9.14. The Morgan fingerprint density at radius 2 is 1.50 bits per heavy atom. The minimum atomic E-state index is -2.87. The van der Waals surface area contributed by atoms with Crippen LogP contribution in [-0.4, -0.2) is 11.6 Å². The lowest BCUT2D eigenvalue weighted by Crippen LogP contribution is -2.48. The Kier molecular flexibility index (Phi) is 2.58. The van der Waals surface area contributed by atoms with Gasteiger partial charge in [0.15, 0.2) is 0 Å². The van der Waals surface area contributed by atoms with Gasteiger partial charge in [0, 0.05) is 33.7 Å². The van der Waals surface area contributed by atoms with Crippen LogP contribution in [0.3, 0.4) is 0 Å². The zero-order valence-corrected chi connectivity index (χ0v) is 15.8. The predicted octanol–water partition coefficient (Wildman–Crippen LogP) is 3.90. The van der Waals surface area contributed by atoms with Crippen LogP contribution < -0.4 is 20.9 Å². The van der Waals surface area contributed by atoms with E-state index in [9.17, 15) is 4.57 Å². The van der Waals surface area contributed by atoms with Crippen LogP contribution in [0.25, 0.3) is 22.4 Å². The molecule has 5 heteroatoms. The van der Waals surface area contributed by atoms with E-state index in [0.29, 0.717) is 0 Å². The van der Waals surface area contributed by atoms with Gasteiger partial charge in [0.2, 0.25) is 0 Å². The molecule has 3 aliphatic rings. The van der Waals surface area contributed by atoms with Crippen molar-refractivity contribution in [2.24, 2.45) is 0 Å². The molecule has 1 atom stereocenters. The van der Waals surface area contributed by atoms with E-state index in [1.54, 1.807) is 0 Å². The third kappa shape index (κ3) is 1.49. The predicted molar refractivity (Wildman–Crippen MR) is 116 cm³/mol. The van der Waals surface area contributed by atoms with Gasteiger partial charge in [0.1, 0.15) is 7.02 Å². The molecule has 4 heterocycles. The molecular weight excluding hydrogens is 362 g/mol. The number of fused-ring (bicyclic) bond motifs is 11. The van der Waals surface area contributed by atoms with Gasteiger partial charge in [-0.3, -0.25) is 4.98 Å². The minimum Gasteiger partial charge on any atom is -0.373 e. The number of nitrogens with zero attached hydrogens (tertiary/aromatic N) is 2. The van der Waals surface area contributed by atoms with Crippen molar-refractivity contribution < 1.29 is 4.57 Å². The van der Waals surface area contributed by atoms with Gasteiger partial charge in [-0.25, -0.2) is 0 Å². The van der Waals surface area contributed by atoms with Crippen molar-refractivity contribution in [3.05, 3.63) is 85.1 Å². The summed E-state index contributed by atoms with van der Waals surface area (Å²) in [5.41, 5.74) is 7.52. The topological polar surface area (TPSA) is 33.2 Å². The monoisotopic (exact) mass is 376 g/mol. The molecule has 130 valence electrons. The van der Waals surface area contributed by atoms with Gasteiger partial charge in [-0.05, 0) is 34.8 Å². The van der Waals surface area contributed by atoms with Crippen LogP contribution in [0.5, 0.6) is 0 Å². The summed E-state index contributed by atoms with van der Waals surface area (Å²) in [6.07, 6.45) is 1.83. The molecule has 0 bridgehead atoms. The maximum atomic E-state index is 14.9. The molecule has 28 heavy (non-hydrogen) atoms. The number of hydrogen-bond donors (Lipinski definition) is 0.